The number of aliphatic carboxylic acids is 1. The summed E-state index contributed by atoms with van der Waals surface area (Å²) in [5.74, 6) is -0.617. The molecule has 6 nitrogen and oxygen atoms in total. The van der Waals surface area contributed by atoms with Crippen LogP contribution in [0.15, 0.2) is 0 Å². The van der Waals surface area contributed by atoms with Crippen molar-refractivity contribution in [1.29, 1.82) is 0 Å². The summed E-state index contributed by atoms with van der Waals surface area (Å²) in [7, 11) is 1.67. The normalized spacial score (nSPS) is 29.2. The molecule has 2 aliphatic rings. The zero-order valence-corrected chi connectivity index (χ0v) is 13.0. The van der Waals surface area contributed by atoms with Crippen molar-refractivity contribution in [2.24, 2.45) is 5.92 Å². The highest BCUT2D eigenvalue weighted by Gasteiger charge is 2.40. The molecule has 1 N–H and O–H groups in total. The van der Waals surface area contributed by atoms with Crippen molar-refractivity contribution in [3.05, 3.63) is 0 Å². The van der Waals surface area contributed by atoms with Crippen LogP contribution in [0.1, 0.15) is 13.8 Å². The highest BCUT2D eigenvalue weighted by Crippen LogP contribution is 2.30. The predicted molar refractivity (Wildman–Crippen MR) is 77.0 cm³/mol. The lowest BCUT2D eigenvalue weighted by molar-refractivity contribution is -0.142. The standard InChI is InChI=1S/C13H22N2O4S/c1-13(2)8-15(4-5-20-13)12(18)14(3)10-7-19-6-9(10)11(16)17/h9-10H,4-8H2,1-3H3,(H,16,17). The van der Waals surface area contributed by atoms with Gasteiger partial charge < -0.3 is 19.6 Å². The second-order valence-corrected chi connectivity index (χ2v) is 7.77. The molecule has 0 aromatic carbocycles. The van der Waals surface area contributed by atoms with Gasteiger partial charge in [-0.25, -0.2) is 4.79 Å². The molecule has 2 rings (SSSR count). The lowest BCUT2D eigenvalue weighted by atomic mass is 10.0. The number of likely N-dealkylation sites (N-methyl/N-ethyl adjacent to an activating group) is 1. The van der Waals surface area contributed by atoms with Crippen molar-refractivity contribution in [2.75, 3.05) is 39.1 Å². The van der Waals surface area contributed by atoms with Crippen molar-refractivity contribution in [2.45, 2.75) is 24.6 Å². The van der Waals surface area contributed by atoms with Crippen LogP contribution >= 0.6 is 11.8 Å². The van der Waals surface area contributed by atoms with Crippen LogP contribution in [0.5, 0.6) is 0 Å². The van der Waals surface area contributed by atoms with Crippen molar-refractivity contribution < 1.29 is 19.4 Å². The molecule has 7 heteroatoms. The molecule has 2 saturated heterocycles. The average molecular weight is 302 g/mol. The average Bonchev–Trinajstić information content (AvgIpc) is 2.85. The van der Waals surface area contributed by atoms with Crippen molar-refractivity contribution in [3.8, 4) is 0 Å². The number of carbonyl (C=O) groups excluding carboxylic acids is 1. The fourth-order valence-corrected chi connectivity index (χ4v) is 3.82. The molecule has 2 fully saturated rings. The molecular weight excluding hydrogens is 280 g/mol. The van der Waals surface area contributed by atoms with Crippen LogP contribution in [0.3, 0.4) is 0 Å². The third kappa shape index (κ3) is 3.20. The van der Waals surface area contributed by atoms with E-state index in [1.165, 1.54) is 4.90 Å². The van der Waals surface area contributed by atoms with Crippen molar-refractivity contribution >= 4 is 23.8 Å². The molecular formula is C13H22N2O4S. The van der Waals surface area contributed by atoms with Gasteiger partial charge in [-0.1, -0.05) is 0 Å². The number of hydrogen-bond acceptors (Lipinski definition) is 4. The first kappa shape index (κ1) is 15.4. The van der Waals surface area contributed by atoms with Crippen molar-refractivity contribution in [3.63, 3.8) is 0 Å². The lowest BCUT2D eigenvalue weighted by Crippen LogP contribution is -2.54. The summed E-state index contributed by atoms with van der Waals surface area (Å²) in [5, 5.41) is 9.17. The van der Waals surface area contributed by atoms with Crippen LogP contribution in [0.2, 0.25) is 0 Å². The van der Waals surface area contributed by atoms with Crippen LogP contribution in [-0.2, 0) is 9.53 Å². The SMILES string of the molecule is CN(C(=O)N1CCSC(C)(C)C1)C1COCC1C(=O)O. The van der Waals surface area contributed by atoms with E-state index in [1.807, 2.05) is 16.7 Å². The van der Waals surface area contributed by atoms with Gasteiger partial charge in [0.15, 0.2) is 0 Å². The van der Waals surface area contributed by atoms with Gasteiger partial charge in [-0.15, -0.1) is 0 Å². The van der Waals surface area contributed by atoms with Gasteiger partial charge in [0.2, 0.25) is 0 Å². The Balaban J connectivity index is 2.03. The van der Waals surface area contributed by atoms with E-state index in [9.17, 15) is 14.7 Å². The van der Waals surface area contributed by atoms with Gasteiger partial charge in [0, 0.05) is 30.6 Å². The Hall–Kier alpha value is -0.950. The van der Waals surface area contributed by atoms with E-state index in [0.29, 0.717) is 19.7 Å². The summed E-state index contributed by atoms with van der Waals surface area (Å²) < 4.78 is 5.28. The Morgan fingerprint density at radius 3 is 2.70 bits per heavy atom. The first-order valence-corrected chi connectivity index (χ1v) is 7.76. The number of carbonyl (C=O) groups is 2. The van der Waals surface area contributed by atoms with Crippen LogP contribution in [0.25, 0.3) is 0 Å². The number of rotatable bonds is 2. The Morgan fingerprint density at radius 2 is 2.10 bits per heavy atom. The molecule has 0 radical (unpaired) electrons. The van der Waals surface area contributed by atoms with E-state index in [-0.39, 0.29) is 23.4 Å². The molecule has 114 valence electrons. The first-order chi connectivity index (χ1) is 9.32. The molecule has 0 saturated carbocycles. The third-order valence-corrected chi connectivity index (χ3v) is 5.16. The van der Waals surface area contributed by atoms with Gasteiger partial charge in [-0.3, -0.25) is 4.79 Å². The molecule has 2 unspecified atom stereocenters. The first-order valence-electron chi connectivity index (χ1n) is 6.78. The predicted octanol–water partition coefficient (Wildman–Crippen LogP) is 0.965. The third-order valence-electron chi connectivity index (χ3n) is 3.86. The highest BCUT2D eigenvalue weighted by atomic mass is 32.2. The quantitative estimate of drug-likeness (QED) is 0.823. The minimum Gasteiger partial charge on any atom is -0.481 e. The smallest absolute Gasteiger partial charge is 0.320 e. The fourth-order valence-electron chi connectivity index (χ4n) is 2.71. The molecule has 0 bridgehead atoms. The Kier molecular flexibility index (Phi) is 4.49. The Bertz CT molecular complexity index is 402. The van der Waals surface area contributed by atoms with E-state index in [4.69, 9.17) is 4.74 Å². The van der Waals surface area contributed by atoms with Gasteiger partial charge in [0.25, 0.3) is 0 Å². The molecule has 2 amide bonds. The molecule has 2 atom stereocenters. The van der Waals surface area contributed by atoms with E-state index in [0.717, 1.165) is 5.75 Å². The molecule has 0 aromatic rings. The zero-order valence-electron chi connectivity index (χ0n) is 12.2. The molecule has 2 aliphatic heterocycles. The topological polar surface area (TPSA) is 70.1 Å². The number of hydrogen-bond donors (Lipinski definition) is 1. The van der Waals surface area contributed by atoms with Gasteiger partial charge in [-0.2, -0.15) is 11.8 Å². The number of amides is 2. The minimum atomic E-state index is -0.901. The number of carboxylic acid groups (broad SMARTS) is 1. The lowest BCUT2D eigenvalue weighted by Gasteiger charge is -2.40. The molecule has 0 aromatic heterocycles. The van der Waals surface area contributed by atoms with Gasteiger partial charge in [-0.05, 0) is 13.8 Å². The maximum absolute atomic E-state index is 12.5. The number of carboxylic acids is 1. The second kappa shape index (κ2) is 5.81. The maximum Gasteiger partial charge on any atom is 0.320 e. The Morgan fingerprint density at radius 1 is 1.40 bits per heavy atom. The summed E-state index contributed by atoms with van der Waals surface area (Å²) in [5.41, 5.74) is 0. The largest absolute Gasteiger partial charge is 0.481 e. The van der Waals surface area contributed by atoms with Crippen molar-refractivity contribution in [1.82, 2.24) is 9.80 Å². The second-order valence-electron chi connectivity index (χ2n) is 5.97. The molecule has 0 aliphatic carbocycles. The number of urea groups is 1. The number of thioether (sulfide) groups is 1. The Labute approximate surface area is 123 Å². The summed E-state index contributed by atoms with van der Waals surface area (Å²) in [6, 6.07) is -0.474. The summed E-state index contributed by atoms with van der Waals surface area (Å²) >= 11 is 1.86. The summed E-state index contributed by atoms with van der Waals surface area (Å²) in [6.07, 6.45) is 0. The van der Waals surface area contributed by atoms with Gasteiger partial charge >= 0.3 is 12.0 Å². The zero-order chi connectivity index (χ0) is 14.9. The van der Waals surface area contributed by atoms with Gasteiger partial charge in [0.1, 0.15) is 5.92 Å². The monoisotopic (exact) mass is 302 g/mol. The summed E-state index contributed by atoms with van der Waals surface area (Å²) in [4.78, 5) is 27.1. The van der Waals surface area contributed by atoms with Gasteiger partial charge in [0.05, 0.1) is 19.3 Å². The van der Waals surface area contributed by atoms with Crippen LogP contribution in [0.4, 0.5) is 4.79 Å². The number of nitrogens with zero attached hydrogens (tertiary/aromatic N) is 2. The minimum absolute atomic E-state index is 0.0487. The van der Waals surface area contributed by atoms with Crippen LogP contribution in [0, 0.1) is 5.92 Å². The fraction of sp³-hybridized carbons (Fsp3) is 0.846. The maximum atomic E-state index is 12.5. The highest BCUT2D eigenvalue weighted by molar-refractivity contribution is 8.00. The van der Waals surface area contributed by atoms with E-state index < -0.39 is 11.9 Å². The molecule has 2 heterocycles. The van der Waals surface area contributed by atoms with E-state index >= 15 is 0 Å². The van der Waals surface area contributed by atoms with E-state index in [1.54, 1.807) is 7.05 Å². The summed E-state index contributed by atoms with van der Waals surface area (Å²) in [6.45, 7) is 6.12. The van der Waals surface area contributed by atoms with E-state index in [2.05, 4.69) is 13.8 Å². The molecule has 20 heavy (non-hydrogen) atoms. The molecule has 0 spiro atoms. The van der Waals surface area contributed by atoms with Crippen LogP contribution in [-0.4, -0.2) is 76.8 Å². The number of ether oxygens (including phenoxy) is 1. The van der Waals surface area contributed by atoms with Crippen LogP contribution < -0.4 is 0 Å².